The number of aldehydes is 1. The van der Waals surface area contributed by atoms with Crippen LogP contribution in [0.1, 0.15) is 59.3 Å². The van der Waals surface area contributed by atoms with Crippen LogP contribution < -0.4 is 0 Å². The lowest BCUT2D eigenvalue weighted by Crippen LogP contribution is -2.45. The predicted octanol–water partition coefficient (Wildman–Crippen LogP) is 4.50. The van der Waals surface area contributed by atoms with Crippen LogP contribution in [0.5, 0.6) is 0 Å². The molecular weight excluding hydrogens is 284 g/mol. The van der Waals surface area contributed by atoms with Crippen LogP contribution in [0.15, 0.2) is 23.3 Å². The van der Waals surface area contributed by atoms with Gasteiger partial charge in [0, 0.05) is 5.92 Å². The second-order valence-electron chi connectivity index (χ2n) is 8.87. The zero-order valence-electron chi connectivity index (χ0n) is 14.6. The number of allylic oxidation sites excluding steroid dienone is 4. The number of ketones is 1. The Kier molecular flexibility index (Phi) is 3.28. The Morgan fingerprint density at radius 3 is 2.65 bits per heavy atom. The fraction of sp³-hybridized carbons (Fsp3) is 0.714. The Hall–Kier alpha value is -1.18. The maximum absolute atomic E-state index is 12.2. The molecule has 6 atom stereocenters. The average Bonchev–Trinajstić information content (AvgIpc) is 2.98. The van der Waals surface area contributed by atoms with E-state index in [1.165, 1.54) is 18.4 Å². The molecule has 4 aliphatic carbocycles. The SMILES string of the molecule is CC(=O)[C@H]1CC[C@H]2[C@@H]3C(C=O)=C4C=CCC[C@]4(C)[C@H]3CC[C@]12C. The number of hydrogen-bond acceptors (Lipinski definition) is 2. The van der Waals surface area contributed by atoms with Gasteiger partial charge in [-0.15, -0.1) is 0 Å². The molecular formula is C21H28O2. The van der Waals surface area contributed by atoms with E-state index in [0.29, 0.717) is 23.5 Å². The molecule has 0 saturated heterocycles. The van der Waals surface area contributed by atoms with Crippen LogP contribution in [-0.4, -0.2) is 12.1 Å². The monoisotopic (exact) mass is 312 g/mol. The molecule has 0 aromatic rings. The summed E-state index contributed by atoms with van der Waals surface area (Å²) in [6.07, 6.45) is 12.4. The van der Waals surface area contributed by atoms with Crippen molar-refractivity contribution in [1.29, 1.82) is 0 Å². The lowest BCUT2D eigenvalue weighted by Gasteiger charge is -2.50. The first kappa shape index (κ1) is 15.4. The highest BCUT2D eigenvalue weighted by Crippen LogP contribution is 2.68. The van der Waals surface area contributed by atoms with Gasteiger partial charge in [-0.2, -0.15) is 0 Å². The first-order chi connectivity index (χ1) is 10.9. The van der Waals surface area contributed by atoms with Gasteiger partial charge in [-0.3, -0.25) is 9.59 Å². The van der Waals surface area contributed by atoms with Gasteiger partial charge >= 0.3 is 0 Å². The second kappa shape index (κ2) is 4.91. The van der Waals surface area contributed by atoms with E-state index in [1.807, 2.05) is 0 Å². The molecule has 124 valence electrons. The summed E-state index contributed by atoms with van der Waals surface area (Å²) in [7, 11) is 0. The first-order valence-electron chi connectivity index (χ1n) is 9.30. The molecule has 2 fully saturated rings. The van der Waals surface area contributed by atoms with E-state index in [2.05, 4.69) is 26.0 Å². The molecule has 2 saturated carbocycles. The number of carbonyl (C=O) groups is 2. The third-order valence-electron chi connectivity index (χ3n) is 8.11. The van der Waals surface area contributed by atoms with Gasteiger partial charge in [-0.1, -0.05) is 26.0 Å². The molecule has 0 amide bonds. The van der Waals surface area contributed by atoms with Gasteiger partial charge in [0.2, 0.25) is 0 Å². The minimum atomic E-state index is 0.107. The smallest absolute Gasteiger partial charge is 0.146 e. The highest BCUT2D eigenvalue weighted by Gasteiger charge is 2.62. The number of hydrogen-bond donors (Lipinski definition) is 0. The average molecular weight is 312 g/mol. The van der Waals surface area contributed by atoms with Crippen LogP contribution in [-0.2, 0) is 9.59 Å². The van der Waals surface area contributed by atoms with Crippen molar-refractivity contribution in [1.82, 2.24) is 0 Å². The Morgan fingerprint density at radius 1 is 1.17 bits per heavy atom. The van der Waals surface area contributed by atoms with Crippen molar-refractivity contribution in [3.8, 4) is 0 Å². The van der Waals surface area contributed by atoms with E-state index < -0.39 is 0 Å². The Balaban J connectivity index is 1.80. The molecule has 0 spiro atoms. The van der Waals surface area contributed by atoms with Crippen molar-refractivity contribution in [3.63, 3.8) is 0 Å². The molecule has 0 radical (unpaired) electrons. The highest BCUT2D eigenvalue weighted by atomic mass is 16.1. The Bertz CT molecular complexity index is 628. The predicted molar refractivity (Wildman–Crippen MR) is 90.8 cm³/mol. The highest BCUT2D eigenvalue weighted by molar-refractivity contribution is 5.81. The summed E-state index contributed by atoms with van der Waals surface area (Å²) in [6.45, 7) is 6.49. The standard InChI is InChI=1S/C21H28O2/c1-13(23)15-7-8-17-19-14(12-22)16-6-4-5-10-20(16,2)18(19)9-11-21(15,17)3/h4,6,12,15,17-19H,5,7-11H2,1-3H3/t15-,17+,18+,19+,20+,21-/m1/s1. The Labute approximate surface area is 139 Å². The van der Waals surface area contributed by atoms with Gasteiger partial charge in [0.25, 0.3) is 0 Å². The summed E-state index contributed by atoms with van der Waals surface area (Å²) >= 11 is 0. The van der Waals surface area contributed by atoms with Gasteiger partial charge in [0.1, 0.15) is 12.1 Å². The third-order valence-corrected chi connectivity index (χ3v) is 8.11. The summed E-state index contributed by atoms with van der Waals surface area (Å²) in [5.74, 6) is 2.07. The lowest BCUT2D eigenvalue weighted by atomic mass is 9.53. The molecule has 0 aromatic heterocycles. The first-order valence-corrected chi connectivity index (χ1v) is 9.30. The van der Waals surface area contributed by atoms with Gasteiger partial charge < -0.3 is 0 Å². The van der Waals surface area contributed by atoms with Gasteiger partial charge in [0.05, 0.1) is 0 Å². The summed E-state index contributed by atoms with van der Waals surface area (Å²) in [4.78, 5) is 24.2. The lowest BCUT2D eigenvalue weighted by molar-refractivity contribution is -0.126. The van der Waals surface area contributed by atoms with E-state index in [9.17, 15) is 9.59 Å². The minimum absolute atomic E-state index is 0.107. The van der Waals surface area contributed by atoms with E-state index in [0.717, 1.165) is 37.5 Å². The van der Waals surface area contributed by atoms with Crippen LogP contribution in [0.3, 0.4) is 0 Å². The molecule has 2 heteroatoms. The molecule has 0 aliphatic heterocycles. The van der Waals surface area contributed by atoms with E-state index in [1.54, 1.807) is 6.92 Å². The molecule has 0 heterocycles. The van der Waals surface area contributed by atoms with Gasteiger partial charge in [0.15, 0.2) is 0 Å². The van der Waals surface area contributed by atoms with Crippen molar-refractivity contribution in [2.45, 2.75) is 59.3 Å². The van der Waals surface area contributed by atoms with Crippen LogP contribution in [0.25, 0.3) is 0 Å². The van der Waals surface area contributed by atoms with Gasteiger partial charge in [-0.05, 0) is 85.2 Å². The van der Waals surface area contributed by atoms with E-state index >= 15 is 0 Å². The second-order valence-corrected chi connectivity index (χ2v) is 8.87. The van der Waals surface area contributed by atoms with Crippen molar-refractivity contribution in [2.75, 3.05) is 0 Å². The zero-order valence-corrected chi connectivity index (χ0v) is 14.6. The maximum atomic E-state index is 12.2. The summed E-state index contributed by atoms with van der Waals surface area (Å²) in [5.41, 5.74) is 2.69. The topological polar surface area (TPSA) is 34.1 Å². The number of carbonyl (C=O) groups excluding carboxylic acids is 2. The molecule has 0 bridgehead atoms. The molecule has 4 aliphatic rings. The van der Waals surface area contributed by atoms with Crippen molar-refractivity contribution < 1.29 is 9.59 Å². The molecule has 4 rings (SSSR count). The van der Waals surface area contributed by atoms with E-state index in [-0.39, 0.29) is 16.7 Å². The van der Waals surface area contributed by atoms with Gasteiger partial charge in [-0.25, -0.2) is 0 Å². The fourth-order valence-electron chi connectivity index (χ4n) is 7.00. The summed E-state index contributed by atoms with van der Waals surface area (Å²) in [6, 6.07) is 0. The van der Waals surface area contributed by atoms with Crippen LogP contribution in [0, 0.1) is 34.5 Å². The third kappa shape index (κ3) is 1.81. The Morgan fingerprint density at radius 2 is 1.96 bits per heavy atom. The van der Waals surface area contributed by atoms with E-state index in [4.69, 9.17) is 0 Å². The molecule has 0 unspecified atom stereocenters. The fourth-order valence-corrected chi connectivity index (χ4v) is 7.00. The van der Waals surface area contributed by atoms with Crippen molar-refractivity contribution >= 4 is 12.1 Å². The van der Waals surface area contributed by atoms with Crippen LogP contribution in [0.4, 0.5) is 0 Å². The molecule has 2 nitrogen and oxygen atoms in total. The summed E-state index contributed by atoms with van der Waals surface area (Å²) < 4.78 is 0. The van der Waals surface area contributed by atoms with Crippen molar-refractivity contribution in [3.05, 3.63) is 23.3 Å². The van der Waals surface area contributed by atoms with Crippen LogP contribution >= 0.6 is 0 Å². The number of Topliss-reactive ketones (excluding diaryl/α,β-unsaturated/α-hetero) is 1. The largest absolute Gasteiger partial charge is 0.300 e. The molecule has 0 N–H and O–H groups in total. The maximum Gasteiger partial charge on any atom is 0.146 e. The molecule has 0 aromatic carbocycles. The van der Waals surface area contributed by atoms with Crippen molar-refractivity contribution in [2.24, 2.45) is 34.5 Å². The minimum Gasteiger partial charge on any atom is -0.300 e. The summed E-state index contributed by atoms with van der Waals surface area (Å²) in [5, 5.41) is 0. The molecule has 23 heavy (non-hydrogen) atoms. The number of fused-ring (bicyclic) bond motifs is 5. The van der Waals surface area contributed by atoms with Crippen LogP contribution in [0.2, 0.25) is 0 Å². The normalized spacial score (nSPS) is 48.0. The quantitative estimate of drug-likeness (QED) is 0.704. The number of rotatable bonds is 2. The zero-order chi connectivity index (χ0) is 16.4.